The van der Waals surface area contributed by atoms with Crippen LogP contribution >= 0.6 is 0 Å². The monoisotopic (exact) mass is 284 g/mol. The van der Waals surface area contributed by atoms with Gasteiger partial charge in [-0.2, -0.15) is 0 Å². The van der Waals surface area contributed by atoms with E-state index in [1.54, 1.807) is 0 Å². The van der Waals surface area contributed by atoms with Crippen molar-refractivity contribution in [2.45, 2.75) is 25.7 Å². The smallest absolute Gasteiger partial charge is 0.292 e. The van der Waals surface area contributed by atoms with E-state index >= 15 is 0 Å². The van der Waals surface area contributed by atoms with Gasteiger partial charge in [-0.3, -0.25) is 4.79 Å². The summed E-state index contributed by atoms with van der Waals surface area (Å²) in [5, 5.41) is 0. The minimum Gasteiger partial charge on any atom is -0.471 e. The van der Waals surface area contributed by atoms with Crippen LogP contribution < -0.4 is 4.74 Å². The number of benzene rings is 2. The van der Waals surface area contributed by atoms with Crippen LogP contribution in [0.25, 0.3) is 0 Å². The molecule has 1 aliphatic rings. The van der Waals surface area contributed by atoms with Gasteiger partial charge in [0.1, 0.15) is 11.5 Å². The van der Waals surface area contributed by atoms with Gasteiger partial charge < -0.3 is 9.47 Å². The molecule has 21 heavy (non-hydrogen) atoms. The van der Waals surface area contributed by atoms with Crippen LogP contribution in [0.1, 0.15) is 29.9 Å². The Balaban J connectivity index is 0.000000361. The van der Waals surface area contributed by atoms with Crippen molar-refractivity contribution in [2.75, 3.05) is 7.11 Å². The average Bonchev–Trinajstić information content (AvgIpc) is 3.35. The summed E-state index contributed by atoms with van der Waals surface area (Å²) in [6, 6.07) is 16.6. The summed E-state index contributed by atoms with van der Waals surface area (Å²) >= 11 is 0. The lowest BCUT2D eigenvalue weighted by atomic mass is 10.1. The van der Waals surface area contributed by atoms with E-state index in [0.717, 1.165) is 17.4 Å². The summed E-state index contributed by atoms with van der Waals surface area (Å²) in [5.41, 5.74) is 2.70. The first-order valence-corrected chi connectivity index (χ1v) is 7.04. The van der Waals surface area contributed by atoms with Gasteiger partial charge in [-0.25, -0.2) is 0 Å². The lowest BCUT2D eigenvalue weighted by molar-refractivity contribution is -0.126. The van der Waals surface area contributed by atoms with Crippen molar-refractivity contribution in [3.63, 3.8) is 0 Å². The summed E-state index contributed by atoms with van der Waals surface area (Å²) in [6.45, 7) is 2.45. The minimum atomic E-state index is 0.375. The first kappa shape index (κ1) is 15.1. The molecular weight excluding hydrogens is 264 g/mol. The van der Waals surface area contributed by atoms with Gasteiger partial charge in [0.2, 0.25) is 0 Å². The quantitative estimate of drug-likeness (QED) is 0.778. The third-order valence-electron chi connectivity index (χ3n) is 3.28. The van der Waals surface area contributed by atoms with Crippen molar-refractivity contribution in [1.82, 2.24) is 0 Å². The Morgan fingerprint density at radius 1 is 0.952 bits per heavy atom. The van der Waals surface area contributed by atoms with Crippen molar-refractivity contribution in [1.29, 1.82) is 0 Å². The number of carbonyl (C=O) groups excluding carboxylic acids is 1. The zero-order valence-corrected chi connectivity index (χ0v) is 12.4. The lowest BCUT2D eigenvalue weighted by Gasteiger charge is -2.06. The largest absolute Gasteiger partial charge is 0.471 e. The first-order valence-electron chi connectivity index (χ1n) is 7.04. The van der Waals surface area contributed by atoms with E-state index in [4.69, 9.17) is 9.53 Å². The van der Waals surface area contributed by atoms with Crippen LogP contribution in [0.3, 0.4) is 0 Å². The zero-order valence-electron chi connectivity index (χ0n) is 12.4. The number of rotatable bonds is 4. The Morgan fingerprint density at radius 2 is 1.43 bits per heavy atom. The molecule has 3 nitrogen and oxygen atoms in total. The lowest BCUT2D eigenvalue weighted by Crippen LogP contribution is -1.85. The molecule has 0 aliphatic heterocycles. The molecule has 0 spiro atoms. The summed E-state index contributed by atoms with van der Waals surface area (Å²) in [4.78, 5) is 8.95. The molecule has 0 unspecified atom stereocenters. The molecule has 0 atom stereocenters. The molecule has 0 aromatic heterocycles. The van der Waals surface area contributed by atoms with Crippen molar-refractivity contribution in [2.24, 2.45) is 0 Å². The van der Waals surface area contributed by atoms with Gasteiger partial charge >= 0.3 is 0 Å². The Labute approximate surface area is 125 Å². The molecule has 0 N–H and O–H groups in total. The van der Waals surface area contributed by atoms with Crippen molar-refractivity contribution < 1.29 is 14.3 Å². The standard InChI is InChI=1S/C16H16O.C2H4O2/c1-12-2-8-15(9-3-12)17-16-10-6-14(7-11-16)13-4-5-13;1-4-2-3/h2-3,6-11,13H,4-5H2,1H3;2H,1H3. The molecule has 0 radical (unpaired) electrons. The molecule has 110 valence electrons. The van der Waals surface area contributed by atoms with Gasteiger partial charge in [0.15, 0.2) is 0 Å². The van der Waals surface area contributed by atoms with E-state index in [2.05, 4.69) is 48.1 Å². The first-order chi connectivity index (χ1) is 10.2. The van der Waals surface area contributed by atoms with E-state index in [1.807, 2.05) is 12.1 Å². The molecule has 1 fully saturated rings. The molecule has 0 saturated heterocycles. The van der Waals surface area contributed by atoms with E-state index in [-0.39, 0.29) is 0 Å². The van der Waals surface area contributed by atoms with Gasteiger partial charge in [-0.15, -0.1) is 0 Å². The fourth-order valence-electron chi connectivity index (χ4n) is 1.97. The number of methoxy groups -OCH3 is 1. The van der Waals surface area contributed by atoms with Gasteiger partial charge in [0.05, 0.1) is 7.11 Å². The molecule has 1 saturated carbocycles. The Kier molecular flexibility index (Phi) is 5.38. The summed E-state index contributed by atoms with van der Waals surface area (Å²) in [5.74, 6) is 2.62. The highest BCUT2D eigenvalue weighted by molar-refractivity contribution is 5.36. The van der Waals surface area contributed by atoms with E-state index < -0.39 is 0 Å². The second kappa shape index (κ2) is 7.48. The van der Waals surface area contributed by atoms with Crippen LogP contribution in [0.15, 0.2) is 48.5 Å². The fraction of sp³-hybridized carbons (Fsp3) is 0.278. The predicted octanol–water partition coefficient (Wildman–Crippen LogP) is 4.45. The molecule has 3 heteroatoms. The van der Waals surface area contributed by atoms with Crippen LogP contribution in [0.5, 0.6) is 11.5 Å². The number of carbonyl (C=O) groups is 1. The predicted molar refractivity (Wildman–Crippen MR) is 82.7 cm³/mol. The second-order valence-electron chi connectivity index (χ2n) is 5.09. The number of ether oxygens (including phenoxy) is 2. The highest BCUT2D eigenvalue weighted by Crippen LogP contribution is 2.40. The molecule has 0 bridgehead atoms. The molecule has 3 rings (SSSR count). The molecule has 2 aromatic carbocycles. The Morgan fingerprint density at radius 3 is 1.86 bits per heavy atom. The van der Waals surface area contributed by atoms with Gasteiger partial charge in [-0.05, 0) is 55.5 Å². The van der Waals surface area contributed by atoms with Crippen LogP contribution in [0.4, 0.5) is 0 Å². The van der Waals surface area contributed by atoms with Crippen molar-refractivity contribution in [3.05, 3.63) is 59.7 Å². The normalized spacial score (nSPS) is 12.9. The van der Waals surface area contributed by atoms with E-state index in [0.29, 0.717) is 6.47 Å². The number of hydrogen-bond donors (Lipinski definition) is 0. The maximum atomic E-state index is 8.95. The Hall–Kier alpha value is -2.29. The maximum absolute atomic E-state index is 8.95. The molecule has 0 amide bonds. The van der Waals surface area contributed by atoms with Crippen LogP contribution in [-0.4, -0.2) is 13.6 Å². The summed E-state index contributed by atoms with van der Waals surface area (Å²) in [6.07, 6.45) is 2.69. The average molecular weight is 284 g/mol. The highest BCUT2D eigenvalue weighted by Gasteiger charge is 2.22. The molecule has 2 aromatic rings. The van der Waals surface area contributed by atoms with Crippen LogP contribution in [0.2, 0.25) is 0 Å². The second-order valence-corrected chi connectivity index (χ2v) is 5.09. The SMILES string of the molecule is COC=O.Cc1ccc(Oc2ccc(C3CC3)cc2)cc1. The third kappa shape index (κ3) is 4.95. The minimum absolute atomic E-state index is 0.375. The number of aryl methyl sites for hydroxylation is 1. The van der Waals surface area contributed by atoms with Gasteiger partial charge in [-0.1, -0.05) is 29.8 Å². The van der Waals surface area contributed by atoms with Crippen molar-refractivity contribution >= 4 is 6.47 Å². The summed E-state index contributed by atoms with van der Waals surface area (Å²) in [7, 11) is 1.31. The molecular formula is C18H20O3. The van der Waals surface area contributed by atoms with Gasteiger partial charge in [0.25, 0.3) is 6.47 Å². The van der Waals surface area contributed by atoms with E-state index in [1.165, 1.54) is 31.1 Å². The van der Waals surface area contributed by atoms with Gasteiger partial charge in [0, 0.05) is 0 Å². The number of hydrogen-bond acceptors (Lipinski definition) is 3. The fourth-order valence-corrected chi connectivity index (χ4v) is 1.97. The molecule has 0 heterocycles. The summed E-state index contributed by atoms with van der Waals surface area (Å²) < 4.78 is 9.65. The van der Waals surface area contributed by atoms with Crippen molar-refractivity contribution in [3.8, 4) is 11.5 Å². The Bertz CT molecular complexity index is 554. The molecule has 1 aliphatic carbocycles. The zero-order chi connectivity index (χ0) is 15.1. The van der Waals surface area contributed by atoms with Crippen LogP contribution in [-0.2, 0) is 9.53 Å². The maximum Gasteiger partial charge on any atom is 0.292 e. The third-order valence-corrected chi connectivity index (χ3v) is 3.28. The van der Waals surface area contributed by atoms with E-state index in [9.17, 15) is 0 Å². The highest BCUT2D eigenvalue weighted by atomic mass is 16.5. The van der Waals surface area contributed by atoms with Crippen LogP contribution in [0, 0.1) is 6.92 Å². The topological polar surface area (TPSA) is 35.5 Å².